The fourth-order valence-electron chi connectivity index (χ4n) is 3.64. The van der Waals surface area contributed by atoms with E-state index >= 15 is 0 Å². The highest BCUT2D eigenvalue weighted by Gasteiger charge is 2.36. The number of fused-ring (bicyclic) bond motifs is 2. The Bertz CT molecular complexity index is 227. The van der Waals surface area contributed by atoms with E-state index in [1.165, 1.54) is 38.5 Å². The zero-order valence-electron chi connectivity index (χ0n) is 12.1. The van der Waals surface area contributed by atoms with Crippen LogP contribution in [0.4, 0.5) is 0 Å². The Balaban J connectivity index is 1.87. The summed E-state index contributed by atoms with van der Waals surface area (Å²) >= 11 is 0. The molecule has 2 nitrogen and oxygen atoms in total. The largest absolute Gasteiger partial charge is 0.311 e. The minimum absolute atomic E-state index is 0.675. The van der Waals surface area contributed by atoms with Crippen molar-refractivity contribution in [3.8, 4) is 0 Å². The minimum Gasteiger partial charge on any atom is -0.311 e. The van der Waals surface area contributed by atoms with Gasteiger partial charge in [0, 0.05) is 24.2 Å². The van der Waals surface area contributed by atoms with E-state index in [0.717, 1.165) is 24.0 Å². The first-order chi connectivity index (χ1) is 8.11. The molecule has 0 saturated carbocycles. The van der Waals surface area contributed by atoms with Crippen LogP contribution < -0.4 is 5.32 Å². The van der Waals surface area contributed by atoms with Gasteiger partial charge in [0.15, 0.2) is 0 Å². The third-order valence-corrected chi connectivity index (χ3v) is 5.34. The lowest BCUT2D eigenvalue weighted by atomic mass is 9.81. The van der Waals surface area contributed by atoms with Crippen molar-refractivity contribution in [2.24, 2.45) is 5.92 Å². The van der Waals surface area contributed by atoms with E-state index in [9.17, 15) is 0 Å². The lowest BCUT2D eigenvalue weighted by Gasteiger charge is -2.48. The van der Waals surface area contributed by atoms with Crippen molar-refractivity contribution in [3.63, 3.8) is 0 Å². The van der Waals surface area contributed by atoms with Gasteiger partial charge in [-0.15, -0.1) is 0 Å². The van der Waals surface area contributed by atoms with E-state index in [-0.39, 0.29) is 0 Å². The molecule has 17 heavy (non-hydrogen) atoms. The van der Waals surface area contributed by atoms with Gasteiger partial charge in [-0.1, -0.05) is 26.7 Å². The summed E-state index contributed by atoms with van der Waals surface area (Å²) in [5.41, 5.74) is 0. The topological polar surface area (TPSA) is 15.3 Å². The van der Waals surface area contributed by atoms with Gasteiger partial charge < -0.3 is 10.2 Å². The van der Waals surface area contributed by atoms with E-state index in [1.807, 2.05) is 0 Å². The van der Waals surface area contributed by atoms with Crippen LogP contribution in [0.2, 0.25) is 0 Å². The van der Waals surface area contributed by atoms with E-state index in [4.69, 9.17) is 0 Å². The van der Waals surface area contributed by atoms with Gasteiger partial charge in [-0.3, -0.25) is 0 Å². The highest BCUT2D eigenvalue weighted by Crippen LogP contribution is 2.33. The van der Waals surface area contributed by atoms with Gasteiger partial charge in [-0.05, 0) is 45.6 Å². The zero-order valence-corrected chi connectivity index (χ0v) is 12.1. The lowest BCUT2D eigenvalue weighted by Crippen LogP contribution is -2.56. The van der Waals surface area contributed by atoms with Crippen molar-refractivity contribution in [1.29, 1.82) is 0 Å². The third kappa shape index (κ3) is 3.03. The van der Waals surface area contributed by atoms with Crippen LogP contribution >= 0.6 is 0 Å². The molecule has 2 aliphatic rings. The molecule has 0 radical (unpaired) electrons. The van der Waals surface area contributed by atoms with Crippen molar-refractivity contribution >= 4 is 0 Å². The summed E-state index contributed by atoms with van der Waals surface area (Å²) < 4.78 is 0. The molecular formula is C15H30N2. The molecule has 2 heterocycles. The maximum absolute atomic E-state index is 3.89. The van der Waals surface area contributed by atoms with Gasteiger partial charge in [0.05, 0.1) is 0 Å². The van der Waals surface area contributed by atoms with Crippen molar-refractivity contribution in [2.45, 2.75) is 83.5 Å². The first kappa shape index (κ1) is 13.4. The summed E-state index contributed by atoms with van der Waals surface area (Å²) in [7, 11) is 2.34. The monoisotopic (exact) mass is 238 g/mol. The molecule has 0 aromatic heterocycles. The summed E-state index contributed by atoms with van der Waals surface area (Å²) in [5, 5.41) is 3.89. The number of hydrogen-bond acceptors (Lipinski definition) is 2. The lowest BCUT2D eigenvalue weighted by molar-refractivity contribution is 0.0445. The van der Waals surface area contributed by atoms with Crippen LogP contribution in [0.25, 0.3) is 0 Å². The van der Waals surface area contributed by atoms with Gasteiger partial charge in [0.1, 0.15) is 0 Å². The van der Waals surface area contributed by atoms with Crippen molar-refractivity contribution < 1.29 is 0 Å². The van der Waals surface area contributed by atoms with Crippen LogP contribution in [0, 0.1) is 5.92 Å². The Kier molecular flexibility index (Phi) is 4.48. The molecule has 0 aromatic rings. The van der Waals surface area contributed by atoms with Crippen LogP contribution in [0.1, 0.15) is 59.3 Å². The Morgan fingerprint density at radius 2 is 1.76 bits per heavy atom. The molecule has 1 N–H and O–H groups in total. The molecule has 2 bridgehead atoms. The van der Waals surface area contributed by atoms with Crippen LogP contribution in [0.5, 0.6) is 0 Å². The van der Waals surface area contributed by atoms with Crippen molar-refractivity contribution in [1.82, 2.24) is 10.2 Å². The second-order valence-corrected chi connectivity index (χ2v) is 6.41. The SMILES string of the molecule is CCC(C)C(C)NC1CC2CCCC(C1)N2C. The predicted molar refractivity (Wildman–Crippen MR) is 74.3 cm³/mol. The van der Waals surface area contributed by atoms with Gasteiger partial charge in [0.2, 0.25) is 0 Å². The molecule has 0 spiro atoms. The molecule has 0 amide bonds. The molecule has 100 valence electrons. The van der Waals surface area contributed by atoms with Gasteiger partial charge in [-0.2, -0.15) is 0 Å². The second-order valence-electron chi connectivity index (χ2n) is 6.41. The van der Waals surface area contributed by atoms with Gasteiger partial charge in [0.25, 0.3) is 0 Å². The maximum atomic E-state index is 3.89. The number of nitrogens with zero attached hydrogens (tertiary/aromatic N) is 1. The minimum atomic E-state index is 0.675. The summed E-state index contributed by atoms with van der Waals surface area (Å²) in [5.74, 6) is 0.800. The van der Waals surface area contributed by atoms with E-state index < -0.39 is 0 Å². The molecule has 2 rings (SSSR count). The van der Waals surface area contributed by atoms with Gasteiger partial charge in [-0.25, -0.2) is 0 Å². The van der Waals surface area contributed by atoms with Crippen LogP contribution in [0.15, 0.2) is 0 Å². The molecule has 4 unspecified atom stereocenters. The van der Waals surface area contributed by atoms with E-state index in [1.54, 1.807) is 0 Å². The maximum Gasteiger partial charge on any atom is 0.0110 e. The normalized spacial score (nSPS) is 37.8. The quantitative estimate of drug-likeness (QED) is 0.810. The highest BCUT2D eigenvalue weighted by atomic mass is 15.2. The number of nitrogens with one attached hydrogen (secondary N) is 1. The number of hydrogen-bond donors (Lipinski definition) is 1. The second kappa shape index (κ2) is 5.71. The first-order valence-corrected chi connectivity index (χ1v) is 7.59. The molecule has 4 atom stereocenters. The third-order valence-electron chi connectivity index (χ3n) is 5.34. The summed E-state index contributed by atoms with van der Waals surface area (Å²) in [6.45, 7) is 7.03. The van der Waals surface area contributed by atoms with E-state index in [2.05, 4.69) is 38.0 Å². The molecule has 2 fully saturated rings. The van der Waals surface area contributed by atoms with Crippen LogP contribution in [0.3, 0.4) is 0 Å². The smallest absolute Gasteiger partial charge is 0.0110 e. The molecule has 2 aliphatic heterocycles. The van der Waals surface area contributed by atoms with Crippen LogP contribution in [-0.4, -0.2) is 36.1 Å². The average Bonchev–Trinajstić information content (AvgIpc) is 2.29. The fraction of sp³-hybridized carbons (Fsp3) is 1.00. The Labute approximate surface area is 107 Å². The Hall–Kier alpha value is -0.0800. The standard InChI is InChI=1S/C15H30N2/c1-5-11(2)12(3)16-13-9-14-7-6-8-15(10-13)17(14)4/h11-16H,5-10H2,1-4H3. The van der Waals surface area contributed by atoms with Gasteiger partial charge >= 0.3 is 0 Å². The molecule has 0 aromatic carbocycles. The van der Waals surface area contributed by atoms with Crippen molar-refractivity contribution in [3.05, 3.63) is 0 Å². The molecular weight excluding hydrogens is 208 g/mol. The van der Waals surface area contributed by atoms with Crippen LogP contribution in [-0.2, 0) is 0 Å². The highest BCUT2D eigenvalue weighted by molar-refractivity contribution is 4.94. The first-order valence-electron chi connectivity index (χ1n) is 7.59. The zero-order chi connectivity index (χ0) is 12.4. The summed E-state index contributed by atoms with van der Waals surface area (Å²) in [6.07, 6.45) is 8.31. The molecule has 0 aliphatic carbocycles. The Morgan fingerprint density at radius 1 is 1.18 bits per heavy atom. The predicted octanol–water partition coefficient (Wildman–Crippen LogP) is 3.03. The molecule has 2 saturated heterocycles. The summed E-state index contributed by atoms with van der Waals surface area (Å²) in [4.78, 5) is 2.65. The van der Waals surface area contributed by atoms with E-state index in [0.29, 0.717) is 6.04 Å². The summed E-state index contributed by atoms with van der Waals surface area (Å²) in [6, 6.07) is 3.15. The average molecular weight is 238 g/mol. The number of piperidine rings is 2. The number of rotatable bonds is 4. The molecule has 2 heteroatoms. The Morgan fingerprint density at radius 3 is 2.29 bits per heavy atom. The fourth-order valence-corrected chi connectivity index (χ4v) is 3.64. The van der Waals surface area contributed by atoms with Crippen molar-refractivity contribution in [2.75, 3.05) is 7.05 Å².